The van der Waals surface area contributed by atoms with Crippen molar-refractivity contribution in [3.8, 4) is 17.2 Å². The molecule has 0 radical (unpaired) electrons. The van der Waals surface area contributed by atoms with Crippen LogP contribution >= 0.6 is 11.3 Å². The average Bonchev–Trinajstić information content (AvgIpc) is 3.22. The minimum atomic E-state index is -0.769. The monoisotopic (exact) mass is 419 g/mol. The summed E-state index contributed by atoms with van der Waals surface area (Å²) in [5, 5.41) is 9.88. The molecule has 1 N–H and O–H groups in total. The highest BCUT2D eigenvalue weighted by atomic mass is 32.1. The molecule has 2 aromatic rings. The van der Waals surface area contributed by atoms with E-state index < -0.39 is 12.0 Å². The van der Waals surface area contributed by atoms with E-state index >= 15 is 0 Å². The second-order valence-corrected chi connectivity index (χ2v) is 8.31. The van der Waals surface area contributed by atoms with Gasteiger partial charge < -0.3 is 19.3 Å². The molecule has 7 heteroatoms. The standard InChI is InChI=1S/C22H29NO5S/c1-5-15-9-10-19(29-15)20(23-11-7-6-8-16(23)22(24)25)14-12-17(26-2)21(28-4)18(13-14)27-3/h9-10,12-13,16,20H,5-8,11H2,1-4H3,(H,24,25). The molecule has 6 nitrogen and oxygen atoms in total. The van der Waals surface area contributed by atoms with E-state index in [2.05, 4.69) is 24.0 Å². The summed E-state index contributed by atoms with van der Waals surface area (Å²) in [6.45, 7) is 2.86. The van der Waals surface area contributed by atoms with Gasteiger partial charge in [-0.25, -0.2) is 0 Å². The molecule has 3 rings (SSSR count). The van der Waals surface area contributed by atoms with Crippen molar-refractivity contribution >= 4 is 17.3 Å². The summed E-state index contributed by atoms with van der Waals surface area (Å²) in [6, 6.07) is 7.42. The molecule has 1 aromatic heterocycles. The molecule has 158 valence electrons. The molecule has 1 aromatic carbocycles. The van der Waals surface area contributed by atoms with E-state index in [9.17, 15) is 9.90 Å². The molecular formula is C22H29NO5S. The first-order valence-corrected chi connectivity index (χ1v) is 10.7. The van der Waals surface area contributed by atoms with Crippen molar-refractivity contribution in [1.29, 1.82) is 0 Å². The smallest absolute Gasteiger partial charge is 0.320 e. The van der Waals surface area contributed by atoms with Crippen molar-refractivity contribution in [3.63, 3.8) is 0 Å². The molecule has 0 aliphatic carbocycles. The molecule has 2 heterocycles. The number of likely N-dealkylation sites (tertiary alicyclic amines) is 1. The van der Waals surface area contributed by atoms with Gasteiger partial charge >= 0.3 is 5.97 Å². The molecule has 0 saturated carbocycles. The lowest BCUT2D eigenvalue weighted by molar-refractivity contribution is -0.145. The zero-order valence-electron chi connectivity index (χ0n) is 17.4. The van der Waals surface area contributed by atoms with E-state index in [1.807, 2.05) is 12.1 Å². The Morgan fingerprint density at radius 1 is 1.17 bits per heavy atom. The van der Waals surface area contributed by atoms with Gasteiger partial charge in [-0.2, -0.15) is 0 Å². The first kappa shape index (κ1) is 21.5. The van der Waals surface area contributed by atoms with Crippen molar-refractivity contribution < 1.29 is 24.1 Å². The normalized spacial score (nSPS) is 18.3. The van der Waals surface area contributed by atoms with Gasteiger partial charge in [0.2, 0.25) is 5.75 Å². The highest BCUT2D eigenvalue weighted by Crippen LogP contribution is 2.44. The topological polar surface area (TPSA) is 68.2 Å². The fraction of sp³-hybridized carbons (Fsp3) is 0.500. The summed E-state index contributed by atoms with van der Waals surface area (Å²) in [5.74, 6) is 0.909. The number of thiophene rings is 1. The lowest BCUT2D eigenvalue weighted by Crippen LogP contribution is -2.46. The lowest BCUT2D eigenvalue weighted by atomic mass is 9.95. The van der Waals surface area contributed by atoms with E-state index in [0.717, 1.165) is 36.2 Å². The van der Waals surface area contributed by atoms with Crippen molar-refractivity contribution in [2.75, 3.05) is 27.9 Å². The number of nitrogens with zero attached hydrogens (tertiary/aromatic N) is 1. The van der Waals surface area contributed by atoms with Crippen LogP contribution in [0.25, 0.3) is 0 Å². The van der Waals surface area contributed by atoms with Crippen molar-refractivity contribution in [1.82, 2.24) is 4.90 Å². The molecule has 0 bridgehead atoms. The van der Waals surface area contributed by atoms with E-state index in [1.54, 1.807) is 32.7 Å². The predicted molar refractivity (Wildman–Crippen MR) is 114 cm³/mol. The lowest BCUT2D eigenvalue weighted by Gasteiger charge is -2.39. The molecule has 1 aliphatic heterocycles. The number of carboxylic acid groups (broad SMARTS) is 1. The SMILES string of the molecule is CCc1ccc(C(c2cc(OC)c(OC)c(OC)c2)N2CCCCC2C(=O)O)s1. The van der Waals surface area contributed by atoms with E-state index in [1.165, 1.54) is 4.88 Å². The molecule has 2 unspecified atom stereocenters. The highest BCUT2D eigenvalue weighted by Gasteiger charge is 2.36. The second-order valence-electron chi connectivity index (χ2n) is 7.11. The molecule has 1 aliphatic rings. The summed E-state index contributed by atoms with van der Waals surface area (Å²) in [4.78, 5) is 16.5. The van der Waals surface area contributed by atoms with Gasteiger partial charge in [-0.15, -0.1) is 11.3 Å². The summed E-state index contributed by atoms with van der Waals surface area (Å²) >= 11 is 1.73. The summed E-state index contributed by atoms with van der Waals surface area (Å²) < 4.78 is 16.6. The van der Waals surface area contributed by atoms with Crippen LogP contribution in [-0.2, 0) is 11.2 Å². The number of benzene rings is 1. The van der Waals surface area contributed by atoms with Gasteiger partial charge in [-0.1, -0.05) is 13.3 Å². The fourth-order valence-electron chi connectivity index (χ4n) is 4.04. The third-order valence-corrected chi connectivity index (χ3v) is 6.75. The first-order valence-electron chi connectivity index (χ1n) is 9.91. The highest BCUT2D eigenvalue weighted by molar-refractivity contribution is 7.12. The van der Waals surface area contributed by atoms with Crippen LogP contribution in [0.15, 0.2) is 24.3 Å². The Bertz CT molecular complexity index is 824. The molecular weight excluding hydrogens is 390 g/mol. The maximum Gasteiger partial charge on any atom is 0.320 e. The van der Waals surface area contributed by atoms with Crippen molar-refractivity contribution in [2.24, 2.45) is 0 Å². The maximum absolute atomic E-state index is 12.0. The van der Waals surface area contributed by atoms with Gasteiger partial charge in [-0.05, 0) is 55.6 Å². The fourth-order valence-corrected chi connectivity index (χ4v) is 5.14. The Hall–Kier alpha value is -2.25. The van der Waals surface area contributed by atoms with Crippen LogP contribution in [0.5, 0.6) is 17.2 Å². The minimum absolute atomic E-state index is 0.185. The number of piperidine rings is 1. The van der Waals surface area contributed by atoms with E-state index in [0.29, 0.717) is 23.7 Å². The Kier molecular flexibility index (Phi) is 7.03. The summed E-state index contributed by atoms with van der Waals surface area (Å²) in [7, 11) is 4.77. The van der Waals surface area contributed by atoms with E-state index in [-0.39, 0.29) is 6.04 Å². The Balaban J connectivity index is 2.16. The van der Waals surface area contributed by atoms with Gasteiger partial charge in [0.15, 0.2) is 11.5 Å². The first-order chi connectivity index (χ1) is 14.0. The predicted octanol–water partition coefficient (Wildman–Crippen LogP) is 4.36. The molecule has 1 fully saturated rings. The number of rotatable bonds is 8. The van der Waals surface area contributed by atoms with Crippen LogP contribution < -0.4 is 14.2 Å². The minimum Gasteiger partial charge on any atom is -0.493 e. The Morgan fingerprint density at radius 2 is 1.86 bits per heavy atom. The average molecular weight is 420 g/mol. The number of hydrogen-bond donors (Lipinski definition) is 1. The number of carboxylic acids is 1. The number of aryl methyl sites for hydroxylation is 1. The quantitative estimate of drug-likeness (QED) is 0.685. The number of aliphatic carboxylic acids is 1. The van der Waals surface area contributed by atoms with Crippen LogP contribution in [-0.4, -0.2) is 49.9 Å². The summed E-state index contributed by atoms with van der Waals surface area (Å²) in [5.41, 5.74) is 0.942. The summed E-state index contributed by atoms with van der Waals surface area (Å²) in [6.07, 6.45) is 3.52. The van der Waals surface area contributed by atoms with Crippen LogP contribution in [0.3, 0.4) is 0 Å². The maximum atomic E-state index is 12.0. The molecule has 2 atom stereocenters. The molecule has 1 saturated heterocycles. The Labute approximate surface area is 176 Å². The molecule has 0 amide bonds. The zero-order valence-corrected chi connectivity index (χ0v) is 18.3. The van der Waals surface area contributed by atoms with Gasteiger partial charge in [0, 0.05) is 9.75 Å². The zero-order chi connectivity index (χ0) is 21.0. The Morgan fingerprint density at radius 3 is 2.38 bits per heavy atom. The van der Waals surface area contributed by atoms with Crippen molar-refractivity contribution in [2.45, 2.75) is 44.7 Å². The molecule has 0 spiro atoms. The number of methoxy groups -OCH3 is 3. The third-order valence-electron chi connectivity index (χ3n) is 5.46. The number of hydrogen-bond acceptors (Lipinski definition) is 6. The van der Waals surface area contributed by atoms with Gasteiger partial charge in [-0.3, -0.25) is 9.69 Å². The van der Waals surface area contributed by atoms with Crippen LogP contribution in [0, 0.1) is 0 Å². The largest absolute Gasteiger partial charge is 0.493 e. The number of ether oxygens (including phenoxy) is 3. The van der Waals surface area contributed by atoms with Gasteiger partial charge in [0.05, 0.1) is 27.4 Å². The third kappa shape index (κ3) is 4.36. The number of carbonyl (C=O) groups is 1. The van der Waals surface area contributed by atoms with Crippen LogP contribution in [0.1, 0.15) is 47.5 Å². The van der Waals surface area contributed by atoms with Gasteiger partial charge in [0.25, 0.3) is 0 Å². The van der Waals surface area contributed by atoms with Crippen LogP contribution in [0.4, 0.5) is 0 Å². The van der Waals surface area contributed by atoms with E-state index in [4.69, 9.17) is 14.2 Å². The second kappa shape index (κ2) is 9.50. The van der Waals surface area contributed by atoms with Crippen LogP contribution in [0.2, 0.25) is 0 Å². The molecule has 29 heavy (non-hydrogen) atoms. The van der Waals surface area contributed by atoms with Gasteiger partial charge in [0.1, 0.15) is 6.04 Å². The van der Waals surface area contributed by atoms with Crippen molar-refractivity contribution in [3.05, 3.63) is 39.6 Å².